The molecule has 1 aromatic rings. The predicted molar refractivity (Wildman–Crippen MR) is 62.5 cm³/mol. The Bertz CT molecular complexity index is 268. The van der Waals surface area contributed by atoms with E-state index in [-0.39, 0.29) is 0 Å². The van der Waals surface area contributed by atoms with E-state index in [4.69, 9.17) is 0 Å². The Morgan fingerprint density at radius 3 is 2.50 bits per heavy atom. The monoisotopic (exact) mass is 191 g/mol. The third-order valence-electron chi connectivity index (χ3n) is 2.61. The first-order valence-electron chi connectivity index (χ1n) is 5.58. The lowest BCUT2D eigenvalue weighted by molar-refractivity contribution is 0.516. The number of nitrogens with one attached hydrogen (secondary N) is 1. The van der Waals surface area contributed by atoms with Crippen molar-refractivity contribution in [3.05, 3.63) is 35.4 Å². The third kappa shape index (κ3) is 2.85. The number of benzene rings is 1. The Kier molecular flexibility index (Phi) is 4.68. The summed E-state index contributed by atoms with van der Waals surface area (Å²) < 4.78 is 0. The highest BCUT2D eigenvalue weighted by atomic mass is 14.9. The maximum Gasteiger partial charge on any atom is 0.0320 e. The van der Waals surface area contributed by atoms with Crippen molar-refractivity contribution < 1.29 is 0 Å². The lowest BCUT2D eigenvalue weighted by Crippen LogP contribution is -2.22. The van der Waals surface area contributed by atoms with E-state index in [1.807, 2.05) is 0 Å². The molecule has 0 bridgehead atoms. The van der Waals surface area contributed by atoms with E-state index in [1.54, 1.807) is 0 Å². The van der Waals surface area contributed by atoms with E-state index >= 15 is 0 Å². The van der Waals surface area contributed by atoms with Crippen molar-refractivity contribution >= 4 is 0 Å². The van der Waals surface area contributed by atoms with Crippen LogP contribution in [0.4, 0.5) is 0 Å². The zero-order valence-electron chi connectivity index (χ0n) is 9.51. The van der Waals surface area contributed by atoms with E-state index in [1.165, 1.54) is 17.5 Å². The Labute approximate surface area is 87.5 Å². The van der Waals surface area contributed by atoms with Gasteiger partial charge in [0.25, 0.3) is 0 Å². The molecule has 0 spiro atoms. The van der Waals surface area contributed by atoms with Crippen LogP contribution in [0.2, 0.25) is 0 Å². The highest BCUT2D eigenvalue weighted by Gasteiger charge is 2.09. The van der Waals surface area contributed by atoms with Crippen LogP contribution < -0.4 is 5.32 Å². The van der Waals surface area contributed by atoms with E-state index in [9.17, 15) is 0 Å². The molecule has 1 heteroatoms. The van der Waals surface area contributed by atoms with Crippen molar-refractivity contribution in [3.8, 4) is 0 Å². The molecule has 0 saturated heterocycles. The first kappa shape index (κ1) is 11.3. The van der Waals surface area contributed by atoms with Crippen molar-refractivity contribution in [1.82, 2.24) is 5.32 Å². The summed E-state index contributed by atoms with van der Waals surface area (Å²) in [5, 5.41) is 3.58. The van der Waals surface area contributed by atoms with Crippen LogP contribution in [-0.4, -0.2) is 6.54 Å². The third-order valence-corrected chi connectivity index (χ3v) is 2.61. The highest BCUT2D eigenvalue weighted by molar-refractivity contribution is 5.28. The van der Waals surface area contributed by atoms with Crippen LogP contribution in [0.5, 0.6) is 0 Å². The Morgan fingerprint density at radius 1 is 1.21 bits per heavy atom. The average molecular weight is 191 g/mol. The van der Waals surface area contributed by atoms with Crippen molar-refractivity contribution in [2.24, 2.45) is 0 Å². The standard InChI is InChI=1S/C13H21N/c1-4-10-14-13(5-2)12-9-7-6-8-11(12)3/h6-9,13-14H,4-5,10H2,1-3H3. The van der Waals surface area contributed by atoms with E-state index < -0.39 is 0 Å². The maximum atomic E-state index is 3.58. The predicted octanol–water partition coefficient (Wildman–Crippen LogP) is 3.45. The molecule has 78 valence electrons. The minimum absolute atomic E-state index is 0.524. The molecule has 1 rings (SSSR count). The summed E-state index contributed by atoms with van der Waals surface area (Å²) in [6, 6.07) is 9.16. The van der Waals surface area contributed by atoms with Crippen molar-refractivity contribution in [2.45, 2.75) is 39.7 Å². The molecule has 1 N–H and O–H groups in total. The van der Waals surface area contributed by atoms with Crippen molar-refractivity contribution in [1.29, 1.82) is 0 Å². The van der Waals surface area contributed by atoms with Gasteiger partial charge in [-0.3, -0.25) is 0 Å². The van der Waals surface area contributed by atoms with Crippen LogP contribution in [0.3, 0.4) is 0 Å². The molecule has 0 aliphatic carbocycles. The lowest BCUT2D eigenvalue weighted by atomic mass is 9.99. The number of hydrogen-bond acceptors (Lipinski definition) is 1. The molecule has 0 aliphatic heterocycles. The summed E-state index contributed by atoms with van der Waals surface area (Å²) >= 11 is 0. The van der Waals surface area contributed by atoms with Gasteiger partial charge in [-0.15, -0.1) is 0 Å². The van der Waals surface area contributed by atoms with Crippen LogP contribution in [0.15, 0.2) is 24.3 Å². The van der Waals surface area contributed by atoms with Gasteiger partial charge in [-0.05, 0) is 37.4 Å². The number of rotatable bonds is 5. The lowest BCUT2D eigenvalue weighted by Gasteiger charge is -2.18. The van der Waals surface area contributed by atoms with E-state index in [0.29, 0.717) is 6.04 Å². The van der Waals surface area contributed by atoms with Gasteiger partial charge in [0.1, 0.15) is 0 Å². The van der Waals surface area contributed by atoms with Gasteiger partial charge in [0.2, 0.25) is 0 Å². The molecule has 0 fully saturated rings. The molecule has 1 nitrogen and oxygen atoms in total. The fourth-order valence-corrected chi connectivity index (χ4v) is 1.77. The Morgan fingerprint density at radius 2 is 1.93 bits per heavy atom. The van der Waals surface area contributed by atoms with Crippen LogP contribution in [0.25, 0.3) is 0 Å². The second-order valence-electron chi connectivity index (χ2n) is 3.77. The molecule has 0 saturated carbocycles. The van der Waals surface area contributed by atoms with Crippen LogP contribution in [-0.2, 0) is 0 Å². The number of aryl methyl sites for hydroxylation is 1. The van der Waals surface area contributed by atoms with Gasteiger partial charge in [-0.2, -0.15) is 0 Å². The van der Waals surface area contributed by atoms with E-state index in [2.05, 4.69) is 50.4 Å². The molecular weight excluding hydrogens is 170 g/mol. The fourth-order valence-electron chi connectivity index (χ4n) is 1.77. The van der Waals surface area contributed by atoms with Crippen molar-refractivity contribution in [2.75, 3.05) is 6.54 Å². The molecular formula is C13H21N. The summed E-state index contributed by atoms with van der Waals surface area (Å²) in [5.41, 5.74) is 2.84. The summed E-state index contributed by atoms with van der Waals surface area (Å²) in [6.45, 7) is 7.73. The first-order chi connectivity index (χ1) is 6.79. The van der Waals surface area contributed by atoms with Gasteiger partial charge >= 0.3 is 0 Å². The van der Waals surface area contributed by atoms with E-state index in [0.717, 1.165) is 13.0 Å². The van der Waals surface area contributed by atoms with Crippen LogP contribution >= 0.6 is 0 Å². The molecule has 1 atom stereocenters. The molecule has 0 aliphatic rings. The summed E-state index contributed by atoms with van der Waals surface area (Å²) in [4.78, 5) is 0. The van der Waals surface area contributed by atoms with Gasteiger partial charge in [-0.1, -0.05) is 38.1 Å². The molecule has 1 unspecified atom stereocenters. The molecule has 1 aromatic carbocycles. The summed E-state index contributed by atoms with van der Waals surface area (Å²) in [5.74, 6) is 0. The zero-order valence-corrected chi connectivity index (χ0v) is 9.51. The van der Waals surface area contributed by atoms with Gasteiger partial charge in [0, 0.05) is 6.04 Å². The second kappa shape index (κ2) is 5.82. The highest BCUT2D eigenvalue weighted by Crippen LogP contribution is 2.19. The molecule has 0 radical (unpaired) electrons. The molecule has 0 amide bonds. The quantitative estimate of drug-likeness (QED) is 0.751. The van der Waals surface area contributed by atoms with Crippen LogP contribution in [0, 0.1) is 6.92 Å². The van der Waals surface area contributed by atoms with Gasteiger partial charge in [0.05, 0.1) is 0 Å². The topological polar surface area (TPSA) is 12.0 Å². The smallest absolute Gasteiger partial charge is 0.0320 e. The average Bonchev–Trinajstić information content (AvgIpc) is 2.21. The summed E-state index contributed by atoms with van der Waals surface area (Å²) in [7, 11) is 0. The Hall–Kier alpha value is -0.820. The SMILES string of the molecule is CCCNC(CC)c1ccccc1C. The first-order valence-corrected chi connectivity index (χ1v) is 5.58. The fraction of sp³-hybridized carbons (Fsp3) is 0.538. The van der Waals surface area contributed by atoms with Gasteiger partial charge < -0.3 is 5.32 Å². The minimum atomic E-state index is 0.524. The largest absolute Gasteiger partial charge is 0.310 e. The van der Waals surface area contributed by atoms with Crippen LogP contribution in [0.1, 0.15) is 43.9 Å². The zero-order chi connectivity index (χ0) is 10.4. The minimum Gasteiger partial charge on any atom is -0.310 e. The maximum absolute atomic E-state index is 3.58. The van der Waals surface area contributed by atoms with Gasteiger partial charge in [0.15, 0.2) is 0 Å². The molecule has 14 heavy (non-hydrogen) atoms. The van der Waals surface area contributed by atoms with Crippen molar-refractivity contribution in [3.63, 3.8) is 0 Å². The van der Waals surface area contributed by atoms with Gasteiger partial charge in [-0.25, -0.2) is 0 Å². The number of hydrogen-bond donors (Lipinski definition) is 1. The summed E-state index contributed by atoms with van der Waals surface area (Å²) in [6.07, 6.45) is 2.35. The normalized spacial score (nSPS) is 12.8. The Balaban J connectivity index is 2.73. The molecule has 0 aromatic heterocycles. The molecule has 0 heterocycles. The second-order valence-corrected chi connectivity index (χ2v) is 3.77.